The second-order valence-corrected chi connectivity index (χ2v) is 7.39. The average Bonchev–Trinajstić information content (AvgIpc) is 3.17. The highest BCUT2D eigenvalue weighted by molar-refractivity contribution is 8.00. The molecule has 0 fully saturated rings. The van der Waals surface area contributed by atoms with Crippen molar-refractivity contribution < 1.29 is 4.79 Å². The van der Waals surface area contributed by atoms with Gasteiger partial charge in [-0.05, 0) is 22.6 Å². The van der Waals surface area contributed by atoms with Gasteiger partial charge in [-0.25, -0.2) is 5.43 Å². The van der Waals surface area contributed by atoms with Crippen LogP contribution in [0.3, 0.4) is 0 Å². The summed E-state index contributed by atoms with van der Waals surface area (Å²) in [5, 5.41) is 6.11. The maximum absolute atomic E-state index is 12.1. The van der Waals surface area contributed by atoms with E-state index in [2.05, 4.69) is 34.8 Å². The van der Waals surface area contributed by atoms with Crippen LogP contribution in [0.5, 0.6) is 0 Å². The predicted molar refractivity (Wildman–Crippen MR) is 107 cm³/mol. The number of carbonyl (C=O) groups excluding carboxylic acids is 1. The van der Waals surface area contributed by atoms with E-state index in [4.69, 9.17) is 0 Å². The normalized spacial score (nSPS) is 11.1. The fraction of sp³-hybridized carbons (Fsp3) is 0.100. The largest absolute Gasteiger partial charge is 0.272 e. The summed E-state index contributed by atoms with van der Waals surface area (Å²) < 4.78 is 0. The number of thiophene rings is 1. The van der Waals surface area contributed by atoms with Crippen LogP contribution in [-0.2, 0) is 4.79 Å². The van der Waals surface area contributed by atoms with Gasteiger partial charge in [-0.2, -0.15) is 5.10 Å². The van der Waals surface area contributed by atoms with E-state index in [9.17, 15) is 4.79 Å². The van der Waals surface area contributed by atoms with Crippen molar-refractivity contribution in [3.05, 3.63) is 94.2 Å². The Kier molecular flexibility index (Phi) is 6.42. The summed E-state index contributed by atoms with van der Waals surface area (Å²) in [4.78, 5) is 13.1. The van der Waals surface area contributed by atoms with Crippen LogP contribution >= 0.6 is 23.1 Å². The molecule has 1 amide bonds. The first-order valence-electron chi connectivity index (χ1n) is 7.90. The molecule has 0 saturated heterocycles. The summed E-state index contributed by atoms with van der Waals surface area (Å²) in [5.74, 6) is 0.241. The summed E-state index contributed by atoms with van der Waals surface area (Å²) in [6.45, 7) is 0. The molecular formula is C20H18N2OS2. The number of nitrogens with one attached hydrogen (secondary N) is 1. The van der Waals surface area contributed by atoms with Crippen LogP contribution < -0.4 is 5.43 Å². The first-order valence-corrected chi connectivity index (χ1v) is 9.82. The average molecular weight is 367 g/mol. The lowest BCUT2D eigenvalue weighted by Gasteiger charge is -2.17. The van der Waals surface area contributed by atoms with E-state index >= 15 is 0 Å². The van der Waals surface area contributed by atoms with E-state index in [1.54, 1.807) is 29.3 Å². The molecule has 3 aromatic rings. The molecule has 126 valence electrons. The minimum absolute atomic E-state index is 0.102. The van der Waals surface area contributed by atoms with E-state index < -0.39 is 0 Å². The molecule has 0 bridgehead atoms. The molecule has 0 aliphatic carbocycles. The van der Waals surface area contributed by atoms with Gasteiger partial charge >= 0.3 is 0 Å². The number of hydrogen-bond donors (Lipinski definition) is 1. The third-order valence-electron chi connectivity index (χ3n) is 3.51. The number of hydrogen-bond acceptors (Lipinski definition) is 4. The molecule has 1 heterocycles. The Balaban J connectivity index is 1.62. The summed E-state index contributed by atoms with van der Waals surface area (Å²) in [7, 11) is 0. The Bertz CT molecular complexity index is 763. The molecule has 25 heavy (non-hydrogen) atoms. The lowest BCUT2D eigenvalue weighted by molar-refractivity contribution is -0.118. The maximum atomic E-state index is 12.1. The van der Waals surface area contributed by atoms with E-state index in [0.717, 1.165) is 4.88 Å². The zero-order valence-electron chi connectivity index (χ0n) is 13.5. The molecule has 0 radical (unpaired) electrons. The van der Waals surface area contributed by atoms with Gasteiger partial charge in [0.1, 0.15) is 0 Å². The van der Waals surface area contributed by atoms with E-state index in [1.807, 2.05) is 53.9 Å². The minimum atomic E-state index is -0.102. The summed E-state index contributed by atoms with van der Waals surface area (Å²) >= 11 is 3.18. The maximum Gasteiger partial charge on any atom is 0.250 e. The molecule has 0 saturated carbocycles. The Hall–Kier alpha value is -2.37. The van der Waals surface area contributed by atoms with E-state index in [-0.39, 0.29) is 11.2 Å². The Morgan fingerprint density at radius 1 is 1.00 bits per heavy atom. The SMILES string of the molecule is O=C(CSC(c1ccccc1)c1ccccc1)N/N=C/c1cccs1. The van der Waals surface area contributed by atoms with Crippen molar-refractivity contribution in [2.75, 3.05) is 5.75 Å². The molecule has 3 rings (SSSR count). The molecule has 0 atom stereocenters. The topological polar surface area (TPSA) is 41.5 Å². The van der Waals surface area contributed by atoms with Crippen molar-refractivity contribution in [1.29, 1.82) is 0 Å². The Morgan fingerprint density at radius 3 is 2.20 bits per heavy atom. The molecule has 1 N–H and O–H groups in total. The third kappa shape index (κ3) is 5.31. The monoisotopic (exact) mass is 366 g/mol. The van der Waals surface area contributed by atoms with Crippen LogP contribution in [0, 0.1) is 0 Å². The zero-order valence-corrected chi connectivity index (χ0v) is 15.2. The van der Waals surface area contributed by atoms with Gasteiger partial charge in [0, 0.05) is 4.88 Å². The van der Waals surface area contributed by atoms with Gasteiger partial charge in [-0.1, -0.05) is 66.7 Å². The number of carbonyl (C=O) groups is 1. The molecule has 0 unspecified atom stereocenters. The second-order valence-electron chi connectivity index (χ2n) is 5.32. The first-order chi connectivity index (χ1) is 12.3. The van der Waals surface area contributed by atoms with Crippen molar-refractivity contribution >= 4 is 35.2 Å². The van der Waals surface area contributed by atoms with E-state index in [0.29, 0.717) is 5.75 Å². The van der Waals surface area contributed by atoms with Crippen molar-refractivity contribution in [2.24, 2.45) is 5.10 Å². The Labute approximate surface area is 155 Å². The summed E-state index contributed by atoms with van der Waals surface area (Å²) in [6.07, 6.45) is 1.67. The van der Waals surface area contributed by atoms with Crippen LogP contribution in [0.15, 0.2) is 83.3 Å². The van der Waals surface area contributed by atoms with Crippen LogP contribution in [0.4, 0.5) is 0 Å². The van der Waals surface area contributed by atoms with Gasteiger partial charge in [-0.3, -0.25) is 4.79 Å². The van der Waals surface area contributed by atoms with Gasteiger partial charge in [-0.15, -0.1) is 23.1 Å². The quantitative estimate of drug-likeness (QED) is 0.485. The highest BCUT2D eigenvalue weighted by Crippen LogP contribution is 2.35. The summed E-state index contributed by atoms with van der Waals surface area (Å²) in [5.41, 5.74) is 4.97. The molecule has 5 heteroatoms. The van der Waals surface area contributed by atoms with Crippen LogP contribution in [0.1, 0.15) is 21.3 Å². The van der Waals surface area contributed by atoms with Crippen molar-refractivity contribution in [3.63, 3.8) is 0 Å². The number of thioether (sulfide) groups is 1. The van der Waals surface area contributed by atoms with Gasteiger partial charge in [0.15, 0.2) is 0 Å². The standard InChI is InChI=1S/C20H18N2OS2/c23-19(22-21-14-18-12-7-13-24-18)15-25-20(16-8-3-1-4-9-16)17-10-5-2-6-11-17/h1-14,20H,15H2,(H,22,23)/b21-14+. The fourth-order valence-electron chi connectivity index (χ4n) is 2.36. The van der Waals surface area contributed by atoms with Crippen LogP contribution in [0.25, 0.3) is 0 Å². The van der Waals surface area contributed by atoms with Gasteiger partial charge < -0.3 is 0 Å². The molecule has 1 aromatic heterocycles. The predicted octanol–water partition coefficient (Wildman–Crippen LogP) is 4.72. The molecule has 0 aliphatic rings. The fourth-order valence-corrected chi connectivity index (χ4v) is 4.03. The Morgan fingerprint density at radius 2 is 1.64 bits per heavy atom. The lowest BCUT2D eigenvalue weighted by Crippen LogP contribution is -2.20. The number of hydrazone groups is 1. The molecule has 0 aliphatic heterocycles. The van der Waals surface area contributed by atoms with Crippen molar-refractivity contribution in [2.45, 2.75) is 5.25 Å². The smallest absolute Gasteiger partial charge is 0.250 e. The second kappa shape index (κ2) is 9.20. The van der Waals surface area contributed by atoms with Gasteiger partial charge in [0.25, 0.3) is 0 Å². The van der Waals surface area contributed by atoms with Crippen molar-refractivity contribution in [1.82, 2.24) is 5.43 Å². The third-order valence-corrected chi connectivity index (χ3v) is 5.62. The zero-order chi connectivity index (χ0) is 17.3. The molecule has 3 nitrogen and oxygen atoms in total. The number of benzene rings is 2. The number of rotatable bonds is 7. The molecule has 2 aromatic carbocycles. The summed E-state index contributed by atoms with van der Waals surface area (Å²) in [6, 6.07) is 24.4. The number of amides is 1. The first kappa shape index (κ1) is 17.5. The highest BCUT2D eigenvalue weighted by Gasteiger charge is 2.15. The van der Waals surface area contributed by atoms with Gasteiger partial charge in [0.2, 0.25) is 5.91 Å². The lowest BCUT2D eigenvalue weighted by atomic mass is 10.0. The van der Waals surface area contributed by atoms with Gasteiger partial charge in [0.05, 0.1) is 17.2 Å². The van der Waals surface area contributed by atoms with Crippen LogP contribution in [-0.4, -0.2) is 17.9 Å². The van der Waals surface area contributed by atoms with Crippen molar-refractivity contribution in [3.8, 4) is 0 Å². The number of nitrogens with zero attached hydrogens (tertiary/aromatic N) is 1. The molecule has 0 spiro atoms. The van der Waals surface area contributed by atoms with E-state index in [1.165, 1.54) is 11.1 Å². The highest BCUT2D eigenvalue weighted by atomic mass is 32.2. The van der Waals surface area contributed by atoms with Crippen LogP contribution in [0.2, 0.25) is 0 Å². The minimum Gasteiger partial charge on any atom is -0.272 e. The molecular weight excluding hydrogens is 348 g/mol.